The Bertz CT molecular complexity index is 851. The van der Waals surface area contributed by atoms with Gasteiger partial charge in [-0.1, -0.05) is 41.9 Å². The molecule has 0 amide bonds. The van der Waals surface area contributed by atoms with Gasteiger partial charge in [0.25, 0.3) is 10.0 Å². The molecule has 2 aromatic rings. The van der Waals surface area contributed by atoms with E-state index in [2.05, 4.69) is 4.40 Å². The van der Waals surface area contributed by atoms with E-state index < -0.39 is 10.0 Å². The van der Waals surface area contributed by atoms with Crippen molar-refractivity contribution in [3.8, 4) is 0 Å². The fourth-order valence-corrected chi connectivity index (χ4v) is 3.60. The predicted molar refractivity (Wildman–Crippen MR) is 93.6 cm³/mol. The maximum absolute atomic E-state index is 12.5. The molecule has 2 unspecified atom stereocenters. The molecule has 24 heavy (non-hydrogen) atoms. The number of hydrogen-bond donors (Lipinski definition) is 0. The molecule has 126 valence electrons. The Morgan fingerprint density at radius 1 is 1.08 bits per heavy atom. The van der Waals surface area contributed by atoms with Gasteiger partial charge in [-0.25, -0.2) is 0 Å². The molecule has 0 spiro atoms. The van der Waals surface area contributed by atoms with E-state index in [1.807, 2.05) is 37.3 Å². The highest BCUT2D eigenvalue weighted by Gasteiger charge is 2.37. The number of halogens is 1. The second-order valence-electron chi connectivity index (χ2n) is 5.60. The standard InChI is InChI=1S/C17H17ClN2O3S/c1-12-16(13-6-4-3-5-7-13)23-17(20(12)2)19-24(21,22)15-10-8-14(18)9-11-15/h3-12,16H,1-2H3/b19-17+. The first-order valence-electron chi connectivity index (χ1n) is 7.43. The van der Waals surface area contributed by atoms with Gasteiger partial charge < -0.3 is 9.64 Å². The van der Waals surface area contributed by atoms with Gasteiger partial charge in [0.2, 0.25) is 0 Å². The maximum atomic E-state index is 12.5. The minimum absolute atomic E-state index is 0.0356. The molecule has 1 saturated heterocycles. The van der Waals surface area contributed by atoms with Crippen LogP contribution in [0.3, 0.4) is 0 Å². The molecule has 0 saturated carbocycles. The summed E-state index contributed by atoms with van der Waals surface area (Å²) in [6.45, 7) is 1.97. The fourth-order valence-electron chi connectivity index (χ4n) is 2.51. The van der Waals surface area contributed by atoms with Crippen molar-refractivity contribution >= 4 is 27.6 Å². The van der Waals surface area contributed by atoms with Crippen molar-refractivity contribution < 1.29 is 13.2 Å². The van der Waals surface area contributed by atoms with E-state index in [0.29, 0.717) is 5.02 Å². The van der Waals surface area contributed by atoms with Crippen LogP contribution in [0.4, 0.5) is 0 Å². The Balaban J connectivity index is 1.91. The lowest BCUT2D eigenvalue weighted by Gasteiger charge is -2.17. The summed E-state index contributed by atoms with van der Waals surface area (Å²) in [5, 5.41) is 0.466. The molecule has 0 aromatic heterocycles. The van der Waals surface area contributed by atoms with Crippen LogP contribution in [0.25, 0.3) is 0 Å². The Morgan fingerprint density at radius 2 is 1.71 bits per heavy atom. The Labute approximate surface area is 146 Å². The van der Waals surface area contributed by atoms with E-state index in [-0.39, 0.29) is 23.1 Å². The average Bonchev–Trinajstić information content (AvgIpc) is 2.84. The first-order chi connectivity index (χ1) is 11.4. The molecule has 0 aliphatic carbocycles. The van der Waals surface area contributed by atoms with Gasteiger partial charge in [0.1, 0.15) is 6.10 Å². The molecule has 1 aliphatic heterocycles. The van der Waals surface area contributed by atoms with Gasteiger partial charge in [0.05, 0.1) is 10.9 Å². The summed E-state index contributed by atoms with van der Waals surface area (Å²) in [5.41, 5.74) is 0.978. The molecule has 1 aliphatic rings. The Kier molecular flexibility index (Phi) is 4.51. The van der Waals surface area contributed by atoms with Crippen molar-refractivity contribution in [3.63, 3.8) is 0 Å². The summed E-state index contributed by atoms with van der Waals surface area (Å²) in [5.74, 6) is 0. The van der Waals surface area contributed by atoms with Crippen molar-refractivity contribution in [2.24, 2.45) is 4.40 Å². The van der Waals surface area contributed by atoms with Gasteiger partial charge in [-0.3, -0.25) is 0 Å². The largest absolute Gasteiger partial charge is 0.454 e. The molecule has 0 radical (unpaired) electrons. The van der Waals surface area contributed by atoms with Crippen LogP contribution < -0.4 is 0 Å². The Hall–Kier alpha value is -2.05. The minimum Gasteiger partial charge on any atom is -0.454 e. The monoisotopic (exact) mass is 364 g/mol. The zero-order valence-corrected chi connectivity index (χ0v) is 14.8. The van der Waals surface area contributed by atoms with Crippen molar-refractivity contribution in [1.82, 2.24) is 4.90 Å². The number of rotatable bonds is 3. The third kappa shape index (κ3) is 3.25. The van der Waals surface area contributed by atoms with E-state index in [4.69, 9.17) is 16.3 Å². The Morgan fingerprint density at radius 3 is 2.33 bits per heavy atom. The minimum atomic E-state index is -3.86. The number of amidine groups is 1. The number of hydrogen-bond acceptors (Lipinski definition) is 3. The van der Waals surface area contributed by atoms with Crippen LogP contribution in [0.1, 0.15) is 18.6 Å². The van der Waals surface area contributed by atoms with Crippen LogP contribution in [0.2, 0.25) is 5.02 Å². The molecule has 5 nitrogen and oxygen atoms in total. The first-order valence-corrected chi connectivity index (χ1v) is 9.25. The number of sulfonamides is 1. The fraction of sp³-hybridized carbons (Fsp3) is 0.235. The van der Waals surface area contributed by atoms with E-state index in [0.717, 1.165) is 5.56 Å². The highest BCUT2D eigenvalue weighted by molar-refractivity contribution is 7.90. The van der Waals surface area contributed by atoms with Crippen LogP contribution in [0.5, 0.6) is 0 Å². The van der Waals surface area contributed by atoms with Gasteiger partial charge in [-0.2, -0.15) is 8.42 Å². The van der Waals surface area contributed by atoms with E-state index in [9.17, 15) is 8.42 Å². The molecule has 0 N–H and O–H groups in total. The second kappa shape index (κ2) is 6.45. The number of ether oxygens (including phenoxy) is 1. The third-order valence-electron chi connectivity index (χ3n) is 4.02. The van der Waals surface area contributed by atoms with Crippen LogP contribution in [-0.4, -0.2) is 32.4 Å². The molecule has 0 bridgehead atoms. The number of likely N-dealkylation sites (N-methyl/N-ethyl adjacent to an activating group) is 1. The van der Waals surface area contributed by atoms with E-state index in [1.54, 1.807) is 11.9 Å². The maximum Gasteiger partial charge on any atom is 0.304 e. The van der Waals surface area contributed by atoms with Crippen molar-refractivity contribution in [2.75, 3.05) is 7.05 Å². The van der Waals surface area contributed by atoms with Crippen LogP contribution in [0.15, 0.2) is 63.9 Å². The highest BCUT2D eigenvalue weighted by atomic mass is 35.5. The quantitative estimate of drug-likeness (QED) is 0.836. The summed E-state index contributed by atoms with van der Waals surface area (Å²) in [6.07, 6.45) is -0.268. The van der Waals surface area contributed by atoms with E-state index in [1.165, 1.54) is 24.3 Å². The molecule has 2 atom stereocenters. The van der Waals surface area contributed by atoms with Crippen LogP contribution in [-0.2, 0) is 14.8 Å². The molecule has 1 heterocycles. The van der Waals surface area contributed by atoms with Crippen LogP contribution >= 0.6 is 11.6 Å². The van der Waals surface area contributed by atoms with Gasteiger partial charge in [-0.05, 0) is 36.8 Å². The van der Waals surface area contributed by atoms with Crippen molar-refractivity contribution in [1.29, 1.82) is 0 Å². The van der Waals surface area contributed by atoms with E-state index >= 15 is 0 Å². The van der Waals surface area contributed by atoms with Gasteiger partial charge in [-0.15, -0.1) is 4.40 Å². The summed E-state index contributed by atoms with van der Waals surface area (Å²) < 4.78 is 34.6. The second-order valence-corrected chi connectivity index (χ2v) is 7.64. The summed E-state index contributed by atoms with van der Waals surface area (Å²) >= 11 is 5.80. The van der Waals surface area contributed by atoms with Gasteiger partial charge in [0, 0.05) is 12.1 Å². The average molecular weight is 365 g/mol. The normalized spacial score (nSPS) is 22.6. The number of benzene rings is 2. The smallest absolute Gasteiger partial charge is 0.304 e. The molecular formula is C17H17ClN2O3S. The highest BCUT2D eigenvalue weighted by Crippen LogP contribution is 2.32. The topological polar surface area (TPSA) is 59.0 Å². The van der Waals surface area contributed by atoms with Crippen molar-refractivity contribution in [2.45, 2.75) is 24.0 Å². The third-order valence-corrected chi connectivity index (χ3v) is 5.54. The SMILES string of the molecule is CC1C(c2ccccc2)O/C(=N/S(=O)(=O)c2ccc(Cl)cc2)N1C. The molecule has 2 aromatic carbocycles. The summed E-state index contributed by atoms with van der Waals surface area (Å²) in [7, 11) is -2.09. The lowest BCUT2D eigenvalue weighted by atomic mass is 10.0. The zero-order chi connectivity index (χ0) is 17.3. The van der Waals surface area contributed by atoms with Gasteiger partial charge >= 0.3 is 6.02 Å². The zero-order valence-electron chi connectivity index (χ0n) is 13.3. The van der Waals surface area contributed by atoms with Gasteiger partial charge in [0.15, 0.2) is 0 Å². The molecule has 3 rings (SSSR count). The summed E-state index contributed by atoms with van der Waals surface area (Å²) in [6, 6.07) is 15.6. The molecule has 7 heteroatoms. The molecule has 1 fully saturated rings. The van der Waals surface area contributed by atoms with Crippen molar-refractivity contribution in [3.05, 3.63) is 65.2 Å². The predicted octanol–water partition coefficient (Wildman–Crippen LogP) is 3.48. The lowest BCUT2D eigenvalue weighted by Crippen LogP contribution is -2.28. The first kappa shape index (κ1) is 16.8. The molecular weight excluding hydrogens is 348 g/mol. The summed E-state index contributed by atoms with van der Waals surface area (Å²) in [4.78, 5) is 1.80. The van der Waals surface area contributed by atoms with Crippen LogP contribution in [0, 0.1) is 0 Å². The lowest BCUT2D eigenvalue weighted by molar-refractivity contribution is 0.203. The number of nitrogens with zero attached hydrogens (tertiary/aromatic N) is 2.